The second kappa shape index (κ2) is 8.97. The summed E-state index contributed by atoms with van der Waals surface area (Å²) < 4.78 is 21.2. The lowest BCUT2D eigenvalue weighted by Crippen LogP contribution is -2.60. The molecule has 10 nitrogen and oxygen atoms in total. The Bertz CT molecular complexity index is 892. The summed E-state index contributed by atoms with van der Waals surface area (Å²) in [6.45, 7) is 1.86. The van der Waals surface area contributed by atoms with Crippen LogP contribution < -0.4 is 15.1 Å². The van der Waals surface area contributed by atoms with Gasteiger partial charge in [0.1, 0.15) is 35.7 Å². The lowest BCUT2D eigenvalue weighted by molar-refractivity contribution is -0.278. The van der Waals surface area contributed by atoms with Crippen LogP contribution in [0, 0.1) is 0 Å². The Morgan fingerprint density at radius 1 is 1.14 bits per heavy atom. The summed E-state index contributed by atoms with van der Waals surface area (Å²) >= 11 is 0. The molecule has 5 atom stereocenters. The quantitative estimate of drug-likeness (QED) is 0.306. The van der Waals surface area contributed by atoms with E-state index in [0.29, 0.717) is 12.4 Å². The number of ether oxygens (including phenoxy) is 3. The van der Waals surface area contributed by atoms with Crippen LogP contribution in [0.4, 0.5) is 0 Å². The van der Waals surface area contributed by atoms with Crippen molar-refractivity contribution in [1.82, 2.24) is 0 Å². The first-order valence-corrected chi connectivity index (χ1v) is 9.27. The number of aliphatic hydroxyl groups is 4. The lowest BCUT2D eigenvalue weighted by atomic mass is 9.99. The van der Waals surface area contributed by atoms with Gasteiger partial charge in [-0.15, -0.1) is 0 Å². The smallest absolute Gasteiger partial charge is 0.383 e. The van der Waals surface area contributed by atoms with Crippen molar-refractivity contribution in [2.75, 3.05) is 13.2 Å². The highest BCUT2D eigenvalue weighted by Gasteiger charge is 2.45. The monoisotopic (exact) mass is 412 g/mol. The summed E-state index contributed by atoms with van der Waals surface area (Å²) in [6, 6.07) is 4.54. The number of benzene rings is 1. The van der Waals surface area contributed by atoms with E-state index in [4.69, 9.17) is 18.6 Å². The Labute approximate surface area is 165 Å². The molecular weight excluding hydrogens is 388 g/mol. The van der Waals surface area contributed by atoms with Crippen LogP contribution in [0.3, 0.4) is 0 Å². The van der Waals surface area contributed by atoms with Gasteiger partial charge in [-0.1, -0.05) is 13.3 Å². The second-order valence-electron chi connectivity index (χ2n) is 6.74. The number of aromatic hydroxyl groups is 1. The molecule has 2 heterocycles. The number of aliphatic hydroxyl groups excluding tert-OH is 4. The summed E-state index contributed by atoms with van der Waals surface area (Å²) in [7, 11) is 0. The van der Waals surface area contributed by atoms with Crippen LogP contribution in [-0.4, -0.2) is 69.5 Å². The van der Waals surface area contributed by atoms with Crippen LogP contribution >= 0.6 is 0 Å². The molecule has 5 N–H and O–H groups in total. The number of hydrogen-bond donors (Lipinski definition) is 5. The van der Waals surface area contributed by atoms with E-state index in [1.807, 2.05) is 6.92 Å². The van der Waals surface area contributed by atoms with Gasteiger partial charge in [0.2, 0.25) is 6.29 Å². The summed E-state index contributed by atoms with van der Waals surface area (Å²) in [5.41, 5.74) is -0.972. The molecule has 1 saturated heterocycles. The van der Waals surface area contributed by atoms with Crippen LogP contribution in [0.15, 0.2) is 27.4 Å². The van der Waals surface area contributed by atoms with E-state index in [9.17, 15) is 30.3 Å². The molecule has 0 saturated carbocycles. The van der Waals surface area contributed by atoms with Gasteiger partial charge in [0.05, 0.1) is 18.6 Å². The third-order valence-electron chi connectivity index (χ3n) is 4.66. The van der Waals surface area contributed by atoms with Gasteiger partial charge in [-0.05, 0) is 18.6 Å². The molecule has 1 aromatic carbocycles. The largest absolute Gasteiger partial charge is 0.504 e. The van der Waals surface area contributed by atoms with Crippen molar-refractivity contribution in [3.05, 3.63) is 28.6 Å². The van der Waals surface area contributed by atoms with E-state index in [1.54, 1.807) is 6.07 Å². The van der Waals surface area contributed by atoms with Gasteiger partial charge in [-0.2, -0.15) is 0 Å². The molecule has 0 amide bonds. The van der Waals surface area contributed by atoms with E-state index in [1.165, 1.54) is 12.1 Å². The normalized spacial score (nSPS) is 27.1. The predicted molar refractivity (Wildman–Crippen MR) is 98.9 cm³/mol. The fourth-order valence-corrected chi connectivity index (χ4v) is 2.96. The van der Waals surface area contributed by atoms with E-state index in [0.717, 1.165) is 12.8 Å². The minimum absolute atomic E-state index is 0.0719. The SMILES string of the molecule is CCCCOc1ccc2c(O)c(O[C@@H]3O[C@H](CO)[C@@H](O)[C@H](O)[C@H]3O)c(=O)oc2c1. The van der Waals surface area contributed by atoms with Gasteiger partial charge in [0.15, 0.2) is 5.75 Å². The van der Waals surface area contributed by atoms with Gasteiger partial charge in [0, 0.05) is 6.07 Å². The lowest BCUT2D eigenvalue weighted by Gasteiger charge is -2.39. The van der Waals surface area contributed by atoms with Crippen molar-refractivity contribution in [3.63, 3.8) is 0 Å². The Balaban J connectivity index is 1.88. The standard InChI is InChI=1S/C19H24O10/c1-2-3-6-26-9-4-5-10-11(7-9)27-18(25)17(13(10)21)29-19-16(24)15(23)14(22)12(8-20)28-19/h4-5,7,12,14-16,19-24H,2-3,6,8H2,1H3/t12-,14-,15+,16-,19+/m1/s1. The molecule has 0 aliphatic carbocycles. The maximum absolute atomic E-state index is 12.3. The Hall–Kier alpha value is -2.37. The molecule has 10 heteroatoms. The first kappa shape index (κ1) is 21.3. The number of unbranched alkanes of at least 4 members (excludes halogenated alkanes) is 1. The second-order valence-corrected chi connectivity index (χ2v) is 6.74. The third kappa shape index (κ3) is 4.31. The predicted octanol–water partition coefficient (Wildman–Crippen LogP) is -0.144. The highest BCUT2D eigenvalue weighted by atomic mass is 16.7. The average Bonchev–Trinajstić information content (AvgIpc) is 2.71. The summed E-state index contributed by atoms with van der Waals surface area (Å²) in [5, 5.41) is 49.5. The van der Waals surface area contributed by atoms with Crippen LogP contribution in [-0.2, 0) is 4.74 Å². The molecule has 0 radical (unpaired) electrons. The highest BCUT2D eigenvalue weighted by Crippen LogP contribution is 2.35. The fourth-order valence-electron chi connectivity index (χ4n) is 2.96. The minimum Gasteiger partial charge on any atom is -0.504 e. The zero-order valence-electron chi connectivity index (χ0n) is 15.7. The van der Waals surface area contributed by atoms with Crippen molar-refractivity contribution in [2.24, 2.45) is 0 Å². The molecule has 1 aliphatic heterocycles. The Kier molecular flexibility index (Phi) is 6.60. The first-order valence-electron chi connectivity index (χ1n) is 9.27. The zero-order valence-corrected chi connectivity index (χ0v) is 15.7. The van der Waals surface area contributed by atoms with Crippen LogP contribution in [0.5, 0.6) is 17.2 Å². The van der Waals surface area contributed by atoms with Crippen LogP contribution in [0.2, 0.25) is 0 Å². The van der Waals surface area contributed by atoms with Gasteiger partial charge < -0.3 is 44.2 Å². The van der Waals surface area contributed by atoms with E-state index >= 15 is 0 Å². The summed E-state index contributed by atoms with van der Waals surface area (Å²) in [4.78, 5) is 12.3. The Morgan fingerprint density at radius 3 is 2.59 bits per heavy atom. The molecule has 1 aromatic heterocycles. The van der Waals surface area contributed by atoms with Crippen LogP contribution in [0.25, 0.3) is 11.0 Å². The van der Waals surface area contributed by atoms with Crippen molar-refractivity contribution in [3.8, 4) is 17.2 Å². The van der Waals surface area contributed by atoms with Crippen molar-refractivity contribution >= 4 is 11.0 Å². The van der Waals surface area contributed by atoms with Gasteiger partial charge in [-0.3, -0.25) is 0 Å². The molecule has 29 heavy (non-hydrogen) atoms. The molecule has 160 valence electrons. The maximum Gasteiger partial charge on any atom is 0.383 e. The number of fused-ring (bicyclic) bond motifs is 1. The van der Waals surface area contributed by atoms with Crippen LogP contribution in [0.1, 0.15) is 19.8 Å². The molecule has 0 unspecified atom stereocenters. The van der Waals surface area contributed by atoms with Gasteiger partial charge >= 0.3 is 5.63 Å². The Morgan fingerprint density at radius 2 is 1.90 bits per heavy atom. The highest BCUT2D eigenvalue weighted by molar-refractivity contribution is 5.86. The van der Waals surface area contributed by atoms with E-state index < -0.39 is 54.4 Å². The molecule has 1 aliphatic rings. The van der Waals surface area contributed by atoms with Crippen molar-refractivity contribution < 1.29 is 44.2 Å². The van der Waals surface area contributed by atoms with E-state index in [2.05, 4.69) is 0 Å². The molecule has 3 rings (SSSR count). The molecule has 0 spiro atoms. The molecule has 2 aromatic rings. The van der Waals surface area contributed by atoms with Crippen molar-refractivity contribution in [1.29, 1.82) is 0 Å². The fraction of sp³-hybridized carbons (Fsp3) is 0.526. The molecule has 0 bridgehead atoms. The summed E-state index contributed by atoms with van der Waals surface area (Å²) in [6.07, 6.45) is -6.05. The summed E-state index contributed by atoms with van der Waals surface area (Å²) in [5.74, 6) is -0.717. The van der Waals surface area contributed by atoms with E-state index in [-0.39, 0.29) is 11.0 Å². The van der Waals surface area contributed by atoms with Gasteiger partial charge in [-0.25, -0.2) is 4.79 Å². The molecule has 1 fully saturated rings. The molecular formula is C19H24O10. The maximum atomic E-state index is 12.3. The van der Waals surface area contributed by atoms with Crippen molar-refractivity contribution in [2.45, 2.75) is 50.5 Å². The average molecular weight is 412 g/mol. The third-order valence-corrected chi connectivity index (χ3v) is 4.66. The minimum atomic E-state index is -1.74. The number of hydrogen-bond acceptors (Lipinski definition) is 10. The zero-order chi connectivity index (χ0) is 21.1. The first-order chi connectivity index (χ1) is 13.9. The topological polar surface area (TPSA) is 159 Å². The number of rotatable bonds is 7. The van der Waals surface area contributed by atoms with Gasteiger partial charge in [0.25, 0.3) is 5.75 Å².